The van der Waals surface area contributed by atoms with E-state index in [2.05, 4.69) is 35.8 Å². The van der Waals surface area contributed by atoms with Crippen molar-refractivity contribution < 1.29 is 86.6 Å². The van der Waals surface area contributed by atoms with Crippen LogP contribution in [0, 0.1) is 0 Å². The van der Waals surface area contributed by atoms with Gasteiger partial charge in [0.1, 0.15) is 63.0 Å². The minimum Gasteiger partial charge on any atom is -0.507 e. The van der Waals surface area contributed by atoms with Crippen LogP contribution in [0.5, 0.6) is 23.0 Å². The Kier molecular flexibility index (Phi) is 14.1. The molecule has 67 heavy (non-hydrogen) atoms. The molecule has 0 bridgehead atoms. The third-order valence-corrected chi connectivity index (χ3v) is 12.4. The van der Waals surface area contributed by atoms with E-state index >= 15 is 0 Å². The zero-order valence-corrected chi connectivity index (χ0v) is 36.9. The molecule has 5 aromatic carbocycles. The summed E-state index contributed by atoms with van der Waals surface area (Å²) in [6.45, 7) is -0.579. The zero-order valence-electron chi connectivity index (χ0n) is 33.6. The molecular formula is C36H32N8O19S4. The standard InChI is InChI=1S/C36H32N8O19S4/c1-18-33(36(49)44(43-18)21-3-5-22(6-4-21)64(50,51)52)41-37-20-2-7-24(30(14-20)66(56,57)58)38-39-25-16-29(63-11-9-46)26(17-28(25)62-10-8-45)40-42-34-31(67(59,60)61)13-19-12-23(65(53,54)55)15-27(47)32(19)35(34)48/h2-7,12-17,33,45-48H,8-11H2,1H3,(H,50,51,52)(H,53,54,55)(H,56,57,58)(H,59,60,61). The van der Waals surface area contributed by atoms with Crippen LogP contribution in [-0.4, -0.2) is 116 Å². The van der Waals surface area contributed by atoms with E-state index in [1.165, 1.54) is 25.1 Å². The molecule has 1 atom stereocenters. The number of aliphatic hydroxyl groups excluding tert-OH is 2. The van der Waals surface area contributed by atoms with Gasteiger partial charge in [0.25, 0.3) is 46.4 Å². The minimum absolute atomic E-state index is 0.120. The number of ether oxygens (including phenoxy) is 2. The van der Waals surface area contributed by atoms with Crippen LogP contribution in [0.1, 0.15) is 6.92 Å². The number of benzene rings is 5. The summed E-state index contributed by atoms with van der Waals surface area (Å²) in [5.41, 5.74) is -2.11. The minimum atomic E-state index is -5.31. The number of anilines is 1. The largest absolute Gasteiger partial charge is 0.507 e. The monoisotopic (exact) mass is 1010 g/mol. The lowest BCUT2D eigenvalue weighted by molar-refractivity contribution is -0.117. The molecule has 1 aliphatic heterocycles. The summed E-state index contributed by atoms with van der Waals surface area (Å²) in [5.74, 6) is -3.45. The first-order valence-electron chi connectivity index (χ1n) is 18.3. The first-order valence-corrected chi connectivity index (χ1v) is 24.0. The Morgan fingerprint density at radius 3 is 1.72 bits per heavy atom. The quantitative estimate of drug-likeness (QED) is 0.0462. The number of amides is 1. The van der Waals surface area contributed by atoms with E-state index in [0.717, 1.165) is 41.4 Å². The highest BCUT2D eigenvalue weighted by molar-refractivity contribution is 7.86. The van der Waals surface area contributed by atoms with Gasteiger partial charge in [0, 0.05) is 18.2 Å². The van der Waals surface area contributed by atoms with E-state index in [9.17, 15) is 77.1 Å². The molecule has 27 nitrogen and oxygen atoms in total. The molecule has 0 spiro atoms. The van der Waals surface area contributed by atoms with Crippen LogP contribution in [0.15, 0.2) is 128 Å². The third kappa shape index (κ3) is 11.2. The van der Waals surface area contributed by atoms with Gasteiger partial charge in [0.15, 0.2) is 11.8 Å². The predicted molar refractivity (Wildman–Crippen MR) is 228 cm³/mol. The first kappa shape index (κ1) is 49.5. The molecule has 5 aromatic rings. The van der Waals surface area contributed by atoms with Crippen LogP contribution < -0.4 is 14.5 Å². The number of aromatic hydroxyl groups is 2. The maximum Gasteiger partial charge on any atom is 0.296 e. The molecule has 1 amide bonds. The molecule has 31 heteroatoms. The Balaban J connectivity index is 1.36. The molecular weight excluding hydrogens is 977 g/mol. The van der Waals surface area contributed by atoms with Crippen molar-refractivity contribution in [1.29, 1.82) is 0 Å². The molecule has 6 rings (SSSR count). The number of hydrazone groups is 1. The Hall–Kier alpha value is -6.94. The number of azo groups is 3. The predicted octanol–water partition coefficient (Wildman–Crippen LogP) is 4.69. The summed E-state index contributed by atoms with van der Waals surface area (Å²) in [7, 11) is -19.9. The van der Waals surface area contributed by atoms with Gasteiger partial charge >= 0.3 is 0 Å². The number of carbonyl (C=O) groups is 1. The molecule has 8 N–H and O–H groups in total. The number of aliphatic hydroxyl groups is 2. The van der Waals surface area contributed by atoms with E-state index in [-0.39, 0.29) is 40.0 Å². The van der Waals surface area contributed by atoms with Crippen molar-refractivity contribution in [3.63, 3.8) is 0 Å². The maximum absolute atomic E-state index is 13.2. The number of carbonyl (C=O) groups excluding carboxylic acids is 1. The smallest absolute Gasteiger partial charge is 0.296 e. The highest BCUT2D eigenvalue weighted by atomic mass is 32.2. The third-order valence-electron chi connectivity index (χ3n) is 8.93. The number of fused-ring (bicyclic) bond motifs is 1. The van der Waals surface area contributed by atoms with Crippen molar-refractivity contribution >= 4 is 97.0 Å². The molecule has 0 radical (unpaired) electrons. The van der Waals surface area contributed by atoms with E-state index in [4.69, 9.17) is 9.47 Å². The number of phenols is 2. The molecule has 1 heterocycles. The Morgan fingerprint density at radius 2 is 1.18 bits per heavy atom. The number of nitrogens with zero attached hydrogens (tertiary/aromatic N) is 8. The van der Waals surface area contributed by atoms with Gasteiger partial charge in [-0.2, -0.15) is 54.0 Å². The van der Waals surface area contributed by atoms with E-state index in [0.29, 0.717) is 18.2 Å². The van der Waals surface area contributed by atoms with Gasteiger partial charge in [-0.25, -0.2) is 0 Å². The maximum atomic E-state index is 13.2. The molecule has 1 unspecified atom stereocenters. The molecule has 0 aliphatic carbocycles. The fourth-order valence-electron chi connectivity index (χ4n) is 5.94. The summed E-state index contributed by atoms with van der Waals surface area (Å²) in [6.07, 6.45) is 0. The van der Waals surface area contributed by atoms with E-state index in [1.54, 1.807) is 0 Å². The molecule has 354 valence electrons. The SMILES string of the molecule is CC1=NN(c2ccc(S(=O)(=O)O)cc2)C(=O)C1N=Nc1ccc(N=Nc2cc(OCCO)c(N=Nc3c(S(=O)(=O)O)cc4cc(S(=O)(=O)O)cc(O)c4c3O)cc2OCCO)c(S(=O)(=O)O)c1. The van der Waals surface area contributed by atoms with Crippen molar-refractivity contribution in [3.05, 3.63) is 72.8 Å². The van der Waals surface area contributed by atoms with E-state index in [1.807, 2.05) is 0 Å². The molecule has 0 saturated heterocycles. The Bertz CT molecular complexity index is 3400. The van der Waals surface area contributed by atoms with Gasteiger partial charge in [-0.3, -0.25) is 23.0 Å². The number of phenolic OH excluding ortho intramolecular Hbond substituents is 2. The summed E-state index contributed by atoms with van der Waals surface area (Å²) in [6, 6.07) is 10.2. The zero-order chi connectivity index (χ0) is 49.2. The van der Waals surface area contributed by atoms with Crippen LogP contribution in [0.3, 0.4) is 0 Å². The fraction of sp³-hybridized carbons (Fsp3) is 0.167. The topological polar surface area (TPSA) is 424 Å². The Labute approximate surface area is 377 Å². The van der Waals surface area contributed by atoms with Gasteiger partial charge in [-0.05, 0) is 66.9 Å². The fourth-order valence-corrected chi connectivity index (χ4v) is 8.26. The number of hydrogen-bond acceptors (Lipinski definition) is 22. The van der Waals surface area contributed by atoms with Gasteiger partial charge < -0.3 is 29.9 Å². The van der Waals surface area contributed by atoms with Crippen LogP contribution in [0.25, 0.3) is 10.8 Å². The average molecular weight is 1010 g/mol. The number of hydrogen-bond donors (Lipinski definition) is 8. The van der Waals surface area contributed by atoms with Crippen molar-refractivity contribution in [3.8, 4) is 23.0 Å². The van der Waals surface area contributed by atoms with Crippen LogP contribution in [0.4, 0.5) is 34.1 Å². The lowest BCUT2D eigenvalue weighted by Gasteiger charge is -2.13. The van der Waals surface area contributed by atoms with Crippen molar-refractivity contribution in [2.45, 2.75) is 32.5 Å². The normalized spacial score (nSPS) is 15.1. The van der Waals surface area contributed by atoms with Crippen LogP contribution in [0.2, 0.25) is 0 Å². The Morgan fingerprint density at radius 1 is 0.627 bits per heavy atom. The molecule has 0 saturated carbocycles. The van der Waals surface area contributed by atoms with Crippen molar-refractivity contribution in [2.75, 3.05) is 31.4 Å². The summed E-state index contributed by atoms with van der Waals surface area (Å²) in [4.78, 5) is 9.83. The lowest BCUT2D eigenvalue weighted by atomic mass is 10.1. The second kappa shape index (κ2) is 19.1. The molecule has 1 aliphatic rings. The van der Waals surface area contributed by atoms with Gasteiger partial charge in [-0.15, -0.1) is 20.5 Å². The van der Waals surface area contributed by atoms with Gasteiger partial charge in [0.2, 0.25) is 0 Å². The summed E-state index contributed by atoms with van der Waals surface area (Å²) >= 11 is 0. The highest BCUT2D eigenvalue weighted by Gasteiger charge is 2.35. The first-order chi connectivity index (χ1) is 31.3. The van der Waals surface area contributed by atoms with Crippen molar-refractivity contribution in [1.82, 2.24) is 0 Å². The summed E-state index contributed by atoms with van der Waals surface area (Å²) in [5, 5.41) is 67.9. The van der Waals surface area contributed by atoms with Gasteiger partial charge in [0.05, 0.1) is 45.5 Å². The van der Waals surface area contributed by atoms with Crippen LogP contribution in [-0.2, 0) is 45.3 Å². The van der Waals surface area contributed by atoms with Crippen molar-refractivity contribution in [2.24, 2.45) is 35.8 Å². The van der Waals surface area contributed by atoms with Gasteiger partial charge in [-0.1, -0.05) is 0 Å². The second-order valence-electron chi connectivity index (χ2n) is 13.5. The summed E-state index contributed by atoms with van der Waals surface area (Å²) < 4.78 is 146. The molecule has 0 aromatic heterocycles. The second-order valence-corrected chi connectivity index (χ2v) is 19.1. The van der Waals surface area contributed by atoms with Crippen LogP contribution >= 0.6 is 0 Å². The highest BCUT2D eigenvalue weighted by Crippen LogP contribution is 2.47. The lowest BCUT2D eigenvalue weighted by Crippen LogP contribution is -2.29. The van der Waals surface area contributed by atoms with E-state index < -0.39 is 132 Å². The molecule has 0 fully saturated rings. The number of rotatable bonds is 17. The average Bonchev–Trinajstić information content (AvgIpc) is 3.53.